The molecular weight excluding hydrogens is 561 g/mol. The molecule has 240 valence electrons. The Morgan fingerprint density at radius 3 is 1.93 bits per heavy atom. The molecule has 10 nitrogen and oxygen atoms in total. The van der Waals surface area contributed by atoms with Crippen LogP contribution in [0.25, 0.3) is 0 Å². The van der Waals surface area contributed by atoms with Crippen LogP contribution in [-0.4, -0.2) is 59.1 Å². The Balaban J connectivity index is 1.97. The Hall–Kier alpha value is -3.57. The number of amides is 3. The van der Waals surface area contributed by atoms with E-state index in [9.17, 15) is 14.4 Å². The van der Waals surface area contributed by atoms with Crippen LogP contribution in [0.1, 0.15) is 107 Å². The van der Waals surface area contributed by atoms with E-state index in [1.54, 1.807) is 52.0 Å². The lowest BCUT2D eigenvalue weighted by Crippen LogP contribution is -2.56. The van der Waals surface area contributed by atoms with E-state index in [1.807, 2.05) is 68.4 Å². The monoisotopic (exact) mass is 609 g/mol. The van der Waals surface area contributed by atoms with Crippen LogP contribution in [0, 0.1) is 20.8 Å². The first-order chi connectivity index (χ1) is 20.0. The number of carbonyl (C=O) groups excluding carboxylic acids is 3. The predicted octanol–water partition coefficient (Wildman–Crippen LogP) is 5.36. The van der Waals surface area contributed by atoms with Crippen molar-refractivity contribution in [2.24, 2.45) is 0 Å². The molecule has 1 aliphatic rings. The highest BCUT2D eigenvalue weighted by atomic mass is 16.7. The summed E-state index contributed by atoms with van der Waals surface area (Å²) < 4.78 is 24.0. The summed E-state index contributed by atoms with van der Waals surface area (Å²) in [6.07, 6.45) is -0.646. The maximum atomic E-state index is 13.8. The maximum absolute atomic E-state index is 13.8. The summed E-state index contributed by atoms with van der Waals surface area (Å²) >= 11 is 0. The number of aryl methyl sites for hydroxylation is 2. The number of rotatable bonds is 6. The smallest absolute Gasteiger partial charge is 0.473 e. The van der Waals surface area contributed by atoms with E-state index in [0.29, 0.717) is 22.3 Å². The highest BCUT2D eigenvalue weighted by Gasteiger charge is 2.52. The molecule has 0 aliphatic carbocycles. The van der Waals surface area contributed by atoms with Crippen molar-refractivity contribution in [2.45, 2.75) is 112 Å². The van der Waals surface area contributed by atoms with E-state index in [1.165, 1.54) is 5.01 Å². The van der Waals surface area contributed by atoms with Crippen molar-refractivity contribution < 1.29 is 33.2 Å². The molecule has 3 amide bonds. The second-order valence-electron chi connectivity index (χ2n) is 14.3. The lowest BCUT2D eigenvalue weighted by atomic mass is 9.76. The minimum absolute atomic E-state index is 0.230. The van der Waals surface area contributed by atoms with Crippen molar-refractivity contribution in [1.82, 2.24) is 15.8 Å². The molecule has 1 saturated heterocycles. The van der Waals surface area contributed by atoms with Crippen LogP contribution in [0.15, 0.2) is 30.3 Å². The largest absolute Gasteiger partial charge is 0.498 e. The van der Waals surface area contributed by atoms with Crippen molar-refractivity contribution in [3.05, 3.63) is 58.1 Å². The maximum Gasteiger partial charge on any atom is 0.498 e. The summed E-state index contributed by atoms with van der Waals surface area (Å²) in [6.45, 7) is 24.0. The summed E-state index contributed by atoms with van der Waals surface area (Å²) in [7, 11) is -0.787. The fraction of sp³-hybridized carbons (Fsp3) is 0.545. The molecule has 44 heavy (non-hydrogen) atoms. The van der Waals surface area contributed by atoms with Crippen LogP contribution in [0.4, 0.5) is 4.79 Å². The Morgan fingerprint density at radius 2 is 1.43 bits per heavy atom. The van der Waals surface area contributed by atoms with Gasteiger partial charge in [0.2, 0.25) is 0 Å². The molecule has 0 atom stereocenters. The number of nitrogens with zero attached hydrogens (tertiary/aromatic N) is 1. The molecule has 0 aromatic heterocycles. The predicted molar refractivity (Wildman–Crippen MR) is 171 cm³/mol. The van der Waals surface area contributed by atoms with Gasteiger partial charge in [-0.1, -0.05) is 23.3 Å². The molecule has 1 aliphatic heterocycles. The average molecular weight is 610 g/mol. The lowest BCUT2D eigenvalue weighted by Gasteiger charge is -2.36. The van der Waals surface area contributed by atoms with Gasteiger partial charge in [-0.05, 0) is 108 Å². The van der Waals surface area contributed by atoms with Crippen LogP contribution >= 0.6 is 0 Å². The highest BCUT2D eigenvalue weighted by molar-refractivity contribution is 6.63. The molecule has 2 aromatic rings. The van der Waals surface area contributed by atoms with Crippen LogP contribution in [0.5, 0.6) is 5.75 Å². The summed E-state index contributed by atoms with van der Waals surface area (Å²) in [5, 5.41) is 3.93. The van der Waals surface area contributed by atoms with Crippen LogP contribution in [0.2, 0.25) is 0 Å². The number of hydrogen-bond acceptors (Lipinski definition) is 7. The fourth-order valence-electron chi connectivity index (χ4n) is 4.70. The number of alkyl carbamates (subject to hydrolysis) is 1. The summed E-state index contributed by atoms with van der Waals surface area (Å²) in [5.41, 5.74) is 3.87. The average Bonchev–Trinajstić information content (AvgIpc) is 3.06. The van der Waals surface area contributed by atoms with Gasteiger partial charge < -0.3 is 18.8 Å². The highest BCUT2D eigenvalue weighted by Crippen LogP contribution is 2.37. The quantitative estimate of drug-likeness (QED) is 0.258. The summed E-state index contributed by atoms with van der Waals surface area (Å²) in [5.74, 6) is -0.516. The molecule has 0 bridgehead atoms. The summed E-state index contributed by atoms with van der Waals surface area (Å²) in [4.78, 5) is 39.8. The molecule has 0 unspecified atom stereocenters. The van der Waals surface area contributed by atoms with E-state index in [4.69, 9.17) is 18.8 Å². The molecule has 11 heteroatoms. The van der Waals surface area contributed by atoms with Gasteiger partial charge in [-0.15, -0.1) is 0 Å². The van der Waals surface area contributed by atoms with Gasteiger partial charge in [0, 0.05) is 22.2 Å². The molecule has 3 rings (SSSR count). The van der Waals surface area contributed by atoms with Gasteiger partial charge in [-0.3, -0.25) is 20.3 Å². The van der Waals surface area contributed by atoms with Crippen molar-refractivity contribution >= 4 is 30.5 Å². The third-order valence-corrected chi connectivity index (χ3v) is 7.58. The molecule has 2 aromatic carbocycles. The van der Waals surface area contributed by atoms with Gasteiger partial charge in [0.1, 0.15) is 11.4 Å². The number of hydrazine groups is 1. The topological polar surface area (TPSA) is 115 Å². The van der Waals surface area contributed by atoms with Crippen LogP contribution in [-0.2, 0) is 14.0 Å². The van der Waals surface area contributed by atoms with Crippen molar-refractivity contribution in [3.8, 4) is 5.75 Å². The minimum atomic E-state index is -0.787. The first-order valence-corrected chi connectivity index (χ1v) is 14.8. The van der Waals surface area contributed by atoms with Crippen LogP contribution < -0.4 is 20.9 Å². The number of hydrogen-bond donors (Lipinski definition) is 2. The number of benzene rings is 2. The molecule has 1 heterocycles. The van der Waals surface area contributed by atoms with Gasteiger partial charge in [-0.2, -0.15) is 0 Å². The zero-order valence-corrected chi connectivity index (χ0v) is 28.5. The molecule has 2 N–H and O–H groups in total. The first kappa shape index (κ1) is 34.9. The normalized spacial score (nSPS) is 15.9. The SMILES string of the molecule is Cc1cc(C)cc(C(=O)N(NC(=O)c2ccc(B3OC(C)(C)C(C)(C)O3)c(OCNC(=O)OC(C)(C)C)c2C)C(C)(C)C)c1. The lowest BCUT2D eigenvalue weighted by molar-refractivity contribution is 0.00578. The Kier molecular flexibility index (Phi) is 9.87. The number of ether oxygens (including phenoxy) is 2. The van der Waals surface area contributed by atoms with E-state index < -0.39 is 41.5 Å². The van der Waals surface area contributed by atoms with E-state index in [0.717, 1.165) is 11.1 Å². The minimum Gasteiger partial charge on any atom is -0.473 e. The Morgan fingerprint density at radius 1 is 0.886 bits per heavy atom. The van der Waals surface area contributed by atoms with Gasteiger partial charge in [0.15, 0.2) is 6.73 Å². The van der Waals surface area contributed by atoms with E-state index in [2.05, 4.69) is 10.7 Å². The van der Waals surface area contributed by atoms with Gasteiger partial charge in [0.25, 0.3) is 11.8 Å². The Labute approximate surface area is 262 Å². The zero-order chi connectivity index (χ0) is 33.4. The standard InChI is InChI=1S/C33H48BN3O7/c1-20-16-21(2)18-23(17-20)28(39)37(30(4,5)6)36-27(38)24-14-15-25(34-43-32(10,11)33(12,13)44-34)26(22(24)3)41-19-35-29(40)42-31(7,8)9/h14-18H,19H2,1-13H3,(H,35,40)(H,36,38). The van der Waals surface area contributed by atoms with E-state index in [-0.39, 0.29) is 18.2 Å². The number of nitrogens with one attached hydrogen (secondary N) is 2. The zero-order valence-electron chi connectivity index (χ0n) is 28.5. The third kappa shape index (κ3) is 8.12. The molecule has 1 fully saturated rings. The molecule has 0 radical (unpaired) electrons. The van der Waals surface area contributed by atoms with Gasteiger partial charge in [-0.25, -0.2) is 9.80 Å². The van der Waals surface area contributed by atoms with Crippen LogP contribution in [0.3, 0.4) is 0 Å². The summed E-state index contributed by atoms with van der Waals surface area (Å²) in [6, 6.07) is 8.95. The van der Waals surface area contributed by atoms with Gasteiger partial charge >= 0.3 is 13.2 Å². The number of carbonyl (C=O) groups is 3. The molecular formula is C33H48BN3O7. The molecule has 0 saturated carbocycles. The molecule has 0 spiro atoms. The van der Waals surface area contributed by atoms with E-state index >= 15 is 0 Å². The van der Waals surface area contributed by atoms with Crippen molar-refractivity contribution in [2.75, 3.05) is 6.73 Å². The third-order valence-electron chi connectivity index (χ3n) is 7.58. The van der Waals surface area contributed by atoms with Crippen molar-refractivity contribution in [1.29, 1.82) is 0 Å². The van der Waals surface area contributed by atoms with Gasteiger partial charge in [0.05, 0.1) is 16.7 Å². The second-order valence-corrected chi connectivity index (χ2v) is 14.3. The first-order valence-electron chi connectivity index (χ1n) is 14.8. The van der Waals surface area contributed by atoms with Crippen molar-refractivity contribution in [3.63, 3.8) is 0 Å². The second kappa shape index (κ2) is 12.4. The Bertz CT molecular complexity index is 1390. The fourth-order valence-corrected chi connectivity index (χ4v) is 4.70.